The lowest BCUT2D eigenvalue weighted by molar-refractivity contribution is -0.118. The molecule has 0 rings (SSSR count). The lowest BCUT2D eigenvalue weighted by atomic mass is 10.3. The Morgan fingerprint density at radius 3 is 2.71 bits per heavy atom. The first-order chi connectivity index (χ1) is 3.68. The van der Waals surface area contributed by atoms with Crippen LogP contribution in [0.2, 0.25) is 0 Å². The molecule has 0 saturated carbocycles. The third-order valence-electron chi connectivity index (χ3n) is 0.502. The molecule has 0 radical (unpaired) electrons. The van der Waals surface area contributed by atoms with E-state index in [1.807, 2.05) is 0 Å². The highest BCUT2D eigenvalue weighted by atomic mass is 16.1. The summed E-state index contributed by atoms with van der Waals surface area (Å²) in [5.41, 5.74) is 0. The Morgan fingerprint density at radius 2 is 2.57 bits per heavy atom. The molecule has 0 heterocycles. The molecule has 0 aliphatic carbocycles. The van der Waals surface area contributed by atoms with Crippen LogP contribution in [0.3, 0.4) is 0 Å². The van der Waals surface area contributed by atoms with E-state index in [4.69, 9.17) is 1.37 Å². The largest absolute Gasteiger partial charge is 0.303 e. The maximum Gasteiger partial charge on any atom is 0.130 e. The lowest BCUT2D eigenvalue weighted by Crippen LogP contribution is -1.88. The standard InChI is InChI=1S/C5H8O2/c1-5(7)3-2-4-6/h4H,2-3H2,1H3/i3D. The van der Waals surface area contributed by atoms with Gasteiger partial charge in [0, 0.05) is 14.2 Å². The zero-order valence-electron chi connectivity index (χ0n) is 5.18. The van der Waals surface area contributed by atoms with Crippen LogP contribution in [0.25, 0.3) is 0 Å². The van der Waals surface area contributed by atoms with Crippen molar-refractivity contribution in [3.8, 4) is 0 Å². The summed E-state index contributed by atoms with van der Waals surface area (Å²) < 4.78 is 6.85. The van der Waals surface area contributed by atoms with Crippen molar-refractivity contribution in [1.82, 2.24) is 0 Å². The smallest absolute Gasteiger partial charge is 0.130 e. The van der Waals surface area contributed by atoms with Crippen LogP contribution < -0.4 is 0 Å². The van der Waals surface area contributed by atoms with Gasteiger partial charge in [0.15, 0.2) is 0 Å². The average molecular weight is 101 g/mol. The summed E-state index contributed by atoms with van der Waals surface area (Å²) in [6.07, 6.45) is -0.235. The van der Waals surface area contributed by atoms with Gasteiger partial charge in [-0.1, -0.05) is 0 Å². The molecule has 1 atom stereocenters. The fourth-order valence-electron chi connectivity index (χ4n) is 0.214. The normalized spacial score (nSPS) is 14.7. The Kier molecular flexibility index (Phi) is 2.27. The topological polar surface area (TPSA) is 34.1 Å². The highest BCUT2D eigenvalue weighted by Crippen LogP contribution is 1.83. The Labute approximate surface area is 43.9 Å². The summed E-state index contributed by atoms with van der Waals surface area (Å²) >= 11 is 0. The summed E-state index contributed by atoms with van der Waals surface area (Å²) in [6.45, 7) is 1.31. The van der Waals surface area contributed by atoms with Crippen LogP contribution in [-0.2, 0) is 9.59 Å². The van der Waals surface area contributed by atoms with E-state index < -0.39 is 6.40 Å². The molecule has 0 aromatic heterocycles. The van der Waals surface area contributed by atoms with E-state index in [2.05, 4.69) is 0 Å². The first kappa shape index (κ1) is 4.50. The fourth-order valence-corrected chi connectivity index (χ4v) is 0.214. The molecule has 40 valence electrons. The van der Waals surface area contributed by atoms with Gasteiger partial charge in [-0.25, -0.2) is 0 Å². The molecule has 0 bridgehead atoms. The number of ketones is 1. The van der Waals surface area contributed by atoms with Crippen LogP contribution in [0.4, 0.5) is 0 Å². The number of hydrogen-bond donors (Lipinski definition) is 0. The van der Waals surface area contributed by atoms with Crippen LogP contribution in [0.15, 0.2) is 0 Å². The van der Waals surface area contributed by atoms with E-state index in [1.54, 1.807) is 0 Å². The highest BCUT2D eigenvalue weighted by Gasteiger charge is 1.87. The summed E-state index contributed by atoms with van der Waals surface area (Å²) in [7, 11) is 0. The molecule has 0 aromatic rings. The summed E-state index contributed by atoms with van der Waals surface area (Å²) in [6, 6.07) is 0. The van der Waals surface area contributed by atoms with Gasteiger partial charge in [0.05, 0.1) is 0 Å². The molecule has 0 spiro atoms. The van der Waals surface area contributed by atoms with E-state index in [-0.39, 0.29) is 12.2 Å². The monoisotopic (exact) mass is 101 g/mol. The van der Waals surface area contributed by atoms with Crippen molar-refractivity contribution in [2.24, 2.45) is 0 Å². The number of rotatable bonds is 3. The zero-order valence-corrected chi connectivity index (χ0v) is 4.18. The first-order valence-electron chi connectivity index (χ1n) is 2.62. The second kappa shape index (κ2) is 3.53. The summed E-state index contributed by atoms with van der Waals surface area (Å²) in [5.74, 6) is -0.253. The van der Waals surface area contributed by atoms with Crippen molar-refractivity contribution in [2.45, 2.75) is 19.7 Å². The Hall–Kier alpha value is -0.660. The number of hydrogen-bond acceptors (Lipinski definition) is 2. The van der Waals surface area contributed by atoms with Gasteiger partial charge in [-0.15, -0.1) is 0 Å². The van der Waals surface area contributed by atoms with Gasteiger partial charge in [-0.3, -0.25) is 0 Å². The molecule has 0 N–H and O–H groups in total. The van der Waals surface area contributed by atoms with Crippen molar-refractivity contribution in [1.29, 1.82) is 0 Å². The Morgan fingerprint density at radius 1 is 2.00 bits per heavy atom. The maximum atomic E-state index is 10.2. The van der Waals surface area contributed by atoms with Gasteiger partial charge in [-0.05, 0) is 6.92 Å². The fraction of sp³-hybridized carbons (Fsp3) is 0.600. The van der Waals surface area contributed by atoms with E-state index in [1.165, 1.54) is 6.92 Å². The molecule has 1 unspecified atom stereocenters. The zero-order chi connectivity index (χ0) is 6.57. The third-order valence-corrected chi connectivity index (χ3v) is 0.502. The van der Waals surface area contributed by atoms with Crippen LogP contribution in [0.5, 0.6) is 0 Å². The van der Waals surface area contributed by atoms with Crippen molar-refractivity contribution >= 4 is 12.1 Å². The van der Waals surface area contributed by atoms with Crippen molar-refractivity contribution in [3.63, 3.8) is 0 Å². The van der Waals surface area contributed by atoms with Gasteiger partial charge < -0.3 is 9.59 Å². The molecular formula is C5H8O2. The molecule has 0 saturated heterocycles. The second-order valence-electron chi connectivity index (χ2n) is 1.22. The lowest BCUT2D eigenvalue weighted by Gasteiger charge is -1.80. The number of carbonyl (C=O) groups is 2. The van der Waals surface area contributed by atoms with Gasteiger partial charge >= 0.3 is 0 Å². The number of Topliss-reactive ketones (excluding diaryl/α,β-unsaturated/α-hetero) is 1. The predicted octanol–water partition coefficient (Wildman–Crippen LogP) is 0.554. The quantitative estimate of drug-likeness (QED) is 0.486. The molecule has 2 nitrogen and oxygen atoms in total. The average Bonchev–Trinajstić information content (AvgIpc) is 1.67. The summed E-state index contributed by atoms with van der Waals surface area (Å²) in [5, 5.41) is 0. The van der Waals surface area contributed by atoms with Gasteiger partial charge in [0.25, 0.3) is 0 Å². The molecule has 0 aromatic carbocycles. The number of aldehydes is 1. The van der Waals surface area contributed by atoms with Crippen LogP contribution in [0.1, 0.15) is 21.1 Å². The van der Waals surface area contributed by atoms with E-state index in [9.17, 15) is 9.59 Å². The number of carbonyl (C=O) groups excluding carboxylic acids is 2. The molecule has 0 aliphatic rings. The van der Waals surface area contributed by atoms with Gasteiger partial charge in [0.2, 0.25) is 0 Å². The molecule has 0 fully saturated rings. The van der Waals surface area contributed by atoms with Crippen LogP contribution in [-0.4, -0.2) is 12.1 Å². The van der Waals surface area contributed by atoms with Crippen molar-refractivity contribution in [3.05, 3.63) is 0 Å². The minimum absolute atomic E-state index is 0.0231. The van der Waals surface area contributed by atoms with E-state index in [0.717, 1.165) is 0 Å². The Bertz CT molecular complexity index is 101. The van der Waals surface area contributed by atoms with E-state index in [0.29, 0.717) is 6.29 Å². The van der Waals surface area contributed by atoms with Crippen LogP contribution in [0, 0.1) is 0 Å². The minimum Gasteiger partial charge on any atom is -0.303 e. The maximum absolute atomic E-state index is 10.2. The van der Waals surface area contributed by atoms with Gasteiger partial charge in [0.1, 0.15) is 12.1 Å². The van der Waals surface area contributed by atoms with Gasteiger partial charge in [-0.2, -0.15) is 0 Å². The molecule has 0 aliphatic heterocycles. The van der Waals surface area contributed by atoms with Crippen molar-refractivity contribution < 1.29 is 11.0 Å². The molecule has 0 amide bonds. The minimum atomic E-state index is -0.840. The third kappa shape index (κ3) is 5.34. The molecule has 2 heteroatoms. The van der Waals surface area contributed by atoms with Crippen molar-refractivity contribution in [2.75, 3.05) is 0 Å². The van der Waals surface area contributed by atoms with E-state index >= 15 is 0 Å². The molecule has 7 heavy (non-hydrogen) atoms. The summed E-state index contributed by atoms with van der Waals surface area (Å²) in [4.78, 5) is 19.8. The highest BCUT2D eigenvalue weighted by molar-refractivity contribution is 5.77. The SMILES string of the molecule is [2H]C(CC=O)C(C)=O. The first-order valence-corrected chi connectivity index (χ1v) is 2.04. The Balaban J connectivity index is 3.46. The van der Waals surface area contributed by atoms with Crippen LogP contribution >= 0.6 is 0 Å². The second-order valence-corrected chi connectivity index (χ2v) is 1.22. The molecular weight excluding hydrogens is 92.1 g/mol. The predicted molar refractivity (Wildman–Crippen MR) is 26.0 cm³/mol.